The lowest BCUT2D eigenvalue weighted by Crippen LogP contribution is -2.47. The predicted molar refractivity (Wildman–Crippen MR) is 95.5 cm³/mol. The zero-order chi connectivity index (χ0) is 17.8. The van der Waals surface area contributed by atoms with Gasteiger partial charge in [-0.2, -0.15) is 0 Å². The third kappa shape index (κ3) is 8.24. The molecule has 0 saturated heterocycles. The molecular weight excluding hydrogens is 304 g/mol. The number of unbranched alkanes of at least 4 members (excludes halogenated alkanes) is 6. The minimum atomic E-state index is -0.386. The minimum Gasteiger partial charge on any atom is -0.348 e. The molecule has 2 N–H and O–H groups in total. The second-order valence-electron chi connectivity index (χ2n) is 6.54. The number of aromatic amines is 1. The zero-order valence-corrected chi connectivity index (χ0v) is 15.3. The van der Waals surface area contributed by atoms with E-state index in [1.54, 1.807) is 12.5 Å². The van der Waals surface area contributed by atoms with Crippen LogP contribution in [0.15, 0.2) is 12.5 Å². The van der Waals surface area contributed by atoms with E-state index in [2.05, 4.69) is 22.2 Å². The van der Waals surface area contributed by atoms with Gasteiger partial charge in [0.25, 0.3) is 0 Å². The van der Waals surface area contributed by atoms with Gasteiger partial charge in [0, 0.05) is 24.7 Å². The largest absolute Gasteiger partial charge is 0.348 e. The van der Waals surface area contributed by atoms with Crippen LogP contribution in [0.4, 0.5) is 0 Å². The number of amides is 2. The van der Waals surface area contributed by atoms with Crippen molar-refractivity contribution in [2.24, 2.45) is 0 Å². The Labute approximate surface area is 145 Å². The molecule has 0 fully saturated rings. The molecule has 0 radical (unpaired) electrons. The molecule has 1 aromatic rings. The summed E-state index contributed by atoms with van der Waals surface area (Å²) in [7, 11) is 3.67. The minimum absolute atomic E-state index is 0.176. The van der Waals surface area contributed by atoms with E-state index in [9.17, 15) is 9.59 Å². The lowest BCUT2D eigenvalue weighted by molar-refractivity contribution is -0.133. The maximum Gasteiger partial charge on any atom is 0.244 e. The molecule has 6 heteroatoms. The van der Waals surface area contributed by atoms with E-state index in [4.69, 9.17) is 0 Å². The molecular formula is C18H32N4O2. The molecule has 0 saturated carbocycles. The van der Waals surface area contributed by atoms with Crippen LogP contribution in [0.3, 0.4) is 0 Å². The van der Waals surface area contributed by atoms with Crippen LogP contribution in [0.2, 0.25) is 0 Å². The molecule has 0 unspecified atom stereocenters. The number of carbonyl (C=O) groups is 2. The summed E-state index contributed by atoms with van der Waals surface area (Å²) in [6, 6.07) is -0.386. The van der Waals surface area contributed by atoms with Crippen molar-refractivity contribution in [1.29, 1.82) is 0 Å². The van der Waals surface area contributed by atoms with Gasteiger partial charge >= 0.3 is 0 Å². The van der Waals surface area contributed by atoms with Crippen LogP contribution in [0, 0.1) is 0 Å². The number of carbonyl (C=O) groups excluding carboxylic acids is 2. The zero-order valence-electron chi connectivity index (χ0n) is 15.3. The first-order chi connectivity index (χ1) is 11.5. The first kappa shape index (κ1) is 20.4. The smallest absolute Gasteiger partial charge is 0.244 e. The summed E-state index contributed by atoms with van der Waals surface area (Å²) in [5.74, 6) is -0.424. The number of imide groups is 1. The molecule has 1 heterocycles. The van der Waals surface area contributed by atoms with Crippen LogP contribution >= 0.6 is 0 Å². The molecule has 2 amide bonds. The Hall–Kier alpha value is -1.69. The van der Waals surface area contributed by atoms with Crippen molar-refractivity contribution in [3.63, 3.8) is 0 Å². The van der Waals surface area contributed by atoms with Crippen LogP contribution < -0.4 is 5.32 Å². The van der Waals surface area contributed by atoms with Gasteiger partial charge in [0.05, 0.1) is 12.4 Å². The van der Waals surface area contributed by atoms with Crippen LogP contribution in [-0.4, -0.2) is 46.8 Å². The number of hydrogen-bond acceptors (Lipinski definition) is 4. The number of H-pyrrole nitrogens is 1. The fourth-order valence-electron chi connectivity index (χ4n) is 2.64. The van der Waals surface area contributed by atoms with E-state index in [1.807, 2.05) is 19.0 Å². The SMILES string of the molecule is CCCCCCCCCC(=O)NC(=O)[C@H](Cc1cnc[nH]1)N(C)C. The van der Waals surface area contributed by atoms with E-state index in [-0.39, 0.29) is 17.9 Å². The van der Waals surface area contributed by atoms with Gasteiger partial charge in [-0.05, 0) is 20.5 Å². The number of rotatable bonds is 12. The summed E-state index contributed by atoms with van der Waals surface area (Å²) in [5, 5.41) is 2.53. The Bertz CT molecular complexity index is 471. The third-order valence-electron chi connectivity index (χ3n) is 4.16. The second-order valence-corrected chi connectivity index (χ2v) is 6.54. The number of likely N-dealkylation sites (N-methyl/N-ethyl adjacent to an activating group) is 1. The van der Waals surface area contributed by atoms with Crippen molar-refractivity contribution in [2.75, 3.05) is 14.1 Å². The van der Waals surface area contributed by atoms with Gasteiger partial charge < -0.3 is 4.98 Å². The van der Waals surface area contributed by atoms with Crippen molar-refractivity contribution in [2.45, 2.75) is 70.8 Å². The maximum absolute atomic E-state index is 12.3. The van der Waals surface area contributed by atoms with E-state index in [0.717, 1.165) is 18.5 Å². The highest BCUT2D eigenvalue weighted by Gasteiger charge is 2.23. The maximum atomic E-state index is 12.3. The quantitative estimate of drug-likeness (QED) is 0.575. The van der Waals surface area contributed by atoms with Gasteiger partial charge in [0.2, 0.25) is 11.8 Å². The monoisotopic (exact) mass is 336 g/mol. The number of nitrogens with one attached hydrogen (secondary N) is 2. The van der Waals surface area contributed by atoms with E-state index in [0.29, 0.717) is 12.8 Å². The molecule has 0 bridgehead atoms. The molecule has 1 aromatic heterocycles. The Morgan fingerprint density at radius 2 is 1.83 bits per heavy atom. The Balaban J connectivity index is 2.26. The Morgan fingerprint density at radius 3 is 2.42 bits per heavy atom. The van der Waals surface area contributed by atoms with Crippen molar-refractivity contribution >= 4 is 11.8 Å². The van der Waals surface area contributed by atoms with Gasteiger partial charge in [-0.1, -0.05) is 45.4 Å². The van der Waals surface area contributed by atoms with Gasteiger partial charge in [0.1, 0.15) is 0 Å². The normalized spacial score (nSPS) is 12.3. The summed E-state index contributed by atoms with van der Waals surface area (Å²) < 4.78 is 0. The highest BCUT2D eigenvalue weighted by Crippen LogP contribution is 2.09. The van der Waals surface area contributed by atoms with E-state index in [1.165, 1.54) is 32.1 Å². The molecule has 0 aliphatic carbocycles. The first-order valence-electron chi connectivity index (χ1n) is 9.02. The lowest BCUT2D eigenvalue weighted by Gasteiger charge is -2.22. The van der Waals surface area contributed by atoms with Crippen LogP contribution in [0.1, 0.15) is 64.0 Å². The Kier molecular flexibility index (Phi) is 10.00. The average molecular weight is 336 g/mol. The molecule has 136 valence electrons. The fourth-order valence-corrected chi connectivity index (χ4v) is 2.64. The van der Waals surface area contributed by atoms with Gasteiger partial charge in [-0.15, -0.1) is 0 Å². The van der Waals surface area contributed by atoms with Gasteiger partial charge in [-0.25, -0.2) is 4.98 Å². The summed E-state index contributed by atoms with van der Waals surface area (Å²) in [5.41, 5.74) is 0.878. The second kappa shape index (κ2) is 11.8. The molecule has 24 heavy (non-hydrogen) atoms. The van der Waals surface area contributed by atoms with E-state index < -0.39 is 0 Å². The van der Waals surface area contributed by atoms with E-state index >= 15 is 0 Å². The fraction of sp³-hybridized carbons (Fsp3) is 0.722. The summed E-state index contributed by atoms with van der Waals surface area (Å²) in [6.07, 6.45) is 12.3. The highest BCUT2D eigenvalue weighted by molar-refractivity contribution is 5.97. The number of hydrogen-bond donors (Lipinski definition) is 2. The Morgan fingerprint density at radius 1 is 1.17 bits per heavy atom. The average Bonchev–Trinajstić information content (AvgIpc) is 3.04. The number of nitrogens with zero attached hydrogens (tertiary/aromatic N) is 2. The van der Waals surface area contributed by atoms with Gasteiger partial charge in [-0.3, -0.25) is 19.8 Å². The van der Waals surface area contributed by atoms with Crippen LogP contribution in [-0.2, 0) is 16.0 Å². The molecule has 1 atom stereocenters. The highest BCUT2D eigenvalue weighted by atomic mass is 16.2. The van der Waals surface area contributed by atoms with Crippen molar-refractivity contribution in [3.8, 4) is 0 Å². The molecule has 0 aromatic carbocycles. The topological polar surface area (TPSA) is 78.1 Å². The number of imidazole rings is 1. The van der Waals surface area contributed by atoms with Crippen molar-refractivity contribution in [3.05, 3.63) is 18.2 Å². The van der Waals surface area contributed by atoms with Crippen molar-refractivity contribution in [1.82, 2.24) is 20.2 Å². The summed E-state index contributed by atoms with van der Waals surface area (Å²) >= 11 is 0. The molecule has 6 nitrogen and oxygen atoms in total. The summed E-state index contributed by atoms with van der Waals surface area (Å²) in [6.45, 7) is 2.20. The molecule has 1 rings (SSSR count). The molecule has 0 spiro atoms. The lowest BCUT2D eigenvalue weighted by atomic mass is 10.1. The molecule has 0 aliphatic rings. The van der Waals surface area contributed by atoms with Crippen LogP contribution in [0.5, 0.6) is 0 Å². The van der Waals surface area contributed by atoms with Crippen molar-refractivity contribution < 1.29 is 9.59 Å². The number of aromatic nitrogens is 2. The molecule has 0 aliphatic heterocycles. The van der Waals surface area contributed by atoms with Gasteiger partial charge in [0.15, 0.2) is 0 Å². The first-order valence-corrected chi connectivity index (χ1v) is 9.02. The predicted octanol–water partition coefficient (Wildman–Crippen LogP) is 2.67. The summed E-state index contributed by atoms with van der Waals surface area (Å²) in [4.78, 5) is 33.0. The van der Waals surface area contributed by atoms with Crippen LogP contribution in [0.25, 0.3) is 0 Å². The standard InChI is InChI=1S/C18H32N4O2/c1-4-5-6-7-8-9-10-11-17(23)21-18(24)16(22(2)3)12-15-13-19-14-20-15/h13-14,16H,4-12H2,1-3H3,(H,19,20)(H,21,23,24)/t16-/m0/s1. The third-order valence-corrected chi connectivity index (χ3v) is 4.16.